The maximum Gasteiger partial charge on any atom is 0.234 e. The van der Waals surface area contributed by atoms with Crippen molar-refractivity contribution in [2.75, 3.05) is 17.7 Å². The summed E-state index contributed by atoms with van der Waals surface area (Å²) in [5.41, 5.74) is 2.23. The molecule has 0 saturated carbocycles. The number of carbonyl (C=O) groups excluding carboxylic acids is 1. The summed E-state index contributed by atoms with van der Waals surface area (Å²) in [6.07, 6.45) is 0.777. The van der Waals surface area contributed by atoms with E-state index in [1.807, 2.05) is 42.5 Å². The Morgan fingerprint density at radius 3 is 2.41 bits per heavy atom. The predicted octanol–water partition coefficient (Wildman–Crippen LogP) is 4.35. The second kappa shape index (κ2) is 8.81. The zero-order valence-electron chi connectivity index (χ0n) is 12.1. The molecular formula is C17H18BrClN2O. The minimum atomic E-state index is -0.143. The third-order valence-electron chi connectivity index (χ3n) is 3.26. The Hall–Kier alpha value is -1.52. The third kappa shape index (κ3) is 5.35. The minimum Gasteiger partial charge on any atom is -0.378 e. The molecule has 1 unspecified atom stereocenters. The van der Waals surface area contributed by atoms with Crippen LogP contribution in [-0.2, 0) is 4.79 Å². The van der Waals surface area contributed by atoms with Gasteiger partial charge in [-0.1, -0.05) is 46.3 Å². The van der Waals surface area contributed by atoms with Crippen LogP contribution in [0.25, 0.3) is 0 Å². The number of alkyl halides is 1. The van der Waals surface area contributed by atoms with E-state index in [1.54, 1.807) is 0 Å². The number of hydrogen-bond acceptors (Lipinski definition) is 2. The molecule has 5 heteroatoms. The quantitative estimate of drug-likeness (QED) is 0.700. The van der Waals surface area contributed by atoms with Crippen molar-refractivity contribution in [2.24, 2.45) is 0 Å². The molecule has 3 nitrogen and oxygen atoms in total. The molecule has 1 atom stereocenters. The van der Waals surface area contributed by atoms with Crippen molar-refractivity contribution in [1.29, 1.82) is 0 Å². The fourth-order valence-corrected chi connectivity index (χ4v) is 2.51. The largest absolute Gasteiger partial charge is 0.378 e. The summed E-state index contributed by atoms with van der Waals surface area (Å²) in [4.78, 5) is 11.3. The highest BCUT2D eigenvalue weighted by Crippen LogP contribution is 2.23. The van der Waals surface area contributed by atoms with Crippen molar-refractivity contribution in [1.82, 2.24) is 5.32 Å². The number of rotatable bonds is 7. The highest BCUT2D eigenvalue weighted by atomic mass is 79.9. The molecule has 0 bridgehead atoms. The molecule has 0 aliphatic carbocycles. The van der Waals surface area contributed by atoms with E-state index in [0.717, 1.165) is 16.6 Å². The fourth-order valence-electron chi connectivity index (χ4n) is 2.16. The summed E-state index contributed by atoms with van der Waals surface area (Å²) in [5.74, 6) is -0.148. The monoisotopic (exact) mass is 380 g/mol. The Morgan fingerprint density at radius 2 is 1.77 bits per heavy atom. The fraction of sp³-hybridized carbons (Fsp3) is 0.235. The van der Waals surface area contributed by atoms with E-state index in [9.17, 15) is 4.79 Å². The highest BCUT2D eigenvalue weighted by Gasteiger charge is 2.12. The first-order chi connectivity index (χ1) is 10.7. The molecule has 22 heavy (non-hydrogen) atoms. The Kier molecular flexibility index (Phi) is 6.74. The number of halogens is 2. The van der Waals surface area contributed by atoms with E-state index in [1.165, 1.54) is 5.56 Å². The van der Waals surface area contributed by atoms with E-state index >= 15 is 0 Å². The zero-order chi connectivity index (χ0) is 15.8. The molecule has 0 radical (unpaired) electrons. The first-order valence-corrected chi connectivity index (χ1v) is 8.41. The van der Waals surface area contributed by atoms with Crippen molar-refractivity contribution in [3.05, 3.63) is 64.6 Å². The molecule has 1 amide bonds. The lowest BCUT2D eigenvalue weighted by molar-refractivity contribution is -0.118. The van der Waals surface area contributed by atoms with E-state index < -0.39 is 0 Å². The lowest BCUT2D eigenvalue weighted by atomic mass is 10.0. The van der Waals surface area contributed by atoms with Gasteiger partial charge in [-0.05, 0) is 36.2 Å². The molecule has 0 aliphatic heterocycles. The van der Waals surface area contributed by atoms with Gasteiger partial charge in [0.15, 0.2) is 0 Å². The maximum absolute atomic E-state index is 11.3. The van der Waals surface area contributed by atoms with Gasteiger partial charge in [0.2, 0.25) is 5.91 Å². The molecule has 116 valence electrons. The molecule has 0 heterocycles. The van der Waals surface area contributed by atoms with E-state index in [0.29, 0.717) is 6.54 Å². The standard InChI is InChI=1S/C17H18BrClN2O/c18-14-8-6-13(7-9-14)16(10-11-20-17(22)12-19)21-15-4-2-1-3-5-15/h1-9,16,21H,10-12H2,(H,20,22). The topological polar surface area (TPSA) is 41.1 Å². The molecule has 2 aromatic rings. The van der Waals surface area contributed by atoms with Gasteiger partial charge < -0.3 is 10.6 Å². The summed E-state index contributed by atoms with van der Waals surface area (Å²) in [7, 11) is 0. The minimum absolute atomic E-state index is 0.00490. The lowest BCUT2D eigenvalue weighted by Gasteiger charge is -2.21. The van der Waals surface area contributed by atoms with Crippen LogP contribution in [0.3, 0.4) is 0 Å². The van der Waals surface area contributed by atoms with Crippen LogP contribution in [0.15, 0.2) is 59.1 Å². The zero-order valence-corrected chi connectivity index (χ0v) is 14.4. The van der Waals surface area contributed by atoms with Gasteiger partial charge in [0.1, 0.15) is 5.88 Å². The average Bonchev–Trinajstić information content (AvgIpc) is 2.55. The Bertz CT molecular complexity index is 589. The molecule has 2 N–H and O–H groups in total. The number of anilines is 1. The third-order valence-corrected chi connectivity index (χ3v) is 4.04. The number of carbonyl (C=O) groups is 1. The molecule has 0 saturated heterocycles. The summed E-state index contributed by atoms with van der Waals surface area (Å²) in [6, 6.07) is 18.4. The average molecular weight is 382 g/mol. The lowest BCUT2D eigenvalue weighted by Crippen LogP contribution is -2.27. The number of nitrogens with one attached hydrogen (secondary N) is 2. The molecule has 0 aromatic heterocycles. The van der Waals surface area contributed by atoms with Crippen molar-refractivity contribution < 1.29 is 4.79 Å². The van der Waals surface area contributed by atoms with Gasteiger partial charge in [0.25, 0.3) is 0 Å². The Balaban J connectivity index is 2.06. The molecule has 0 spiro atoms. The van der Waals surface area contributed by atoms with Crippen LogP contribution in [0.4, 0.5) is 5.69 Å². The molecule has 2 rings (SSSR count). The van der Waals surface area contributed by atoms with Crippen LogP contribution in [0.5, 0.6) is 0 Å². The summed E-state index contributed by atoms with van der Waals surface area (Å²) >= 11 is 8.95. The van der Waals surface area contributed by atoms with Crippen molar-refractivity contribution >= 4 is 39.1 Å². The first-order valence-electron chi connectivity index (χ1n) is 7.09. The van der Waals surface area contributed by atoms with Crippen LogP contribution in [0, 0.1) is 0 Å². The van der Waals surface area contributed by atoms with Crippen LogP contribution in [0.2, 0.25) is 0 Å². The Morgan fingerprint density at radius 1 is 1.09 bits per heavy atom. The van der Waals surface area contributed by atoms with Crippen LogP contribution >= 0.6 is 27.5 Å². The molecule has 2 aromatic carbocycles. The number of hydrogen-bond donors (Lipinski definition) is 2. The van der Waals surface area contributed by atoms with E-state index in [4.69, 9.17) is 11.6 Å². The Labute approximate surface area is 144 Å². The van der Waals surface area contributed by atoms with Crippen molar-refractivity contribution in [3.8, 4) is 0 Å². The van der Waals surface area contributed by atoms with Gasteiger partial charge in [0.05, 0.1) is 6.04 Å². The van der Waals surface area contributed by atoms with Crippen LogP contribution < -0.4 is 10.6 Å². The van der Waals surface area contributed by atoms with Gasteiger partial charge in [-0.15, -0.1) is 11.6 Å². The second-order valence-corrected chi connectivity index (χ2v) is 6.07. The molecular weight excluding hydrogens is 364 g/mol. The van der Waals surface area contributed by atoms with E-state index in [2.05, 4.69) is 38.7 Å². The first kappa shape index (κ1) is 16.8. The summed E-state index contributed by atoms with van der Waals surface area (Å²) in [6.45, 7) is 0.576. The van der Waals surface area contributed by atoms with Crippen LogP contribution in [0.1, 0.15) is 18.0 Å². The second-order valence-electron chi connectivity index (χ2n) is 4.89. The smallest absolute Gasteiger partial charge is 0.234 e. The predicted molar refractivity (Wildman–Crippen MR) is 95.3 cm³/mol. The van der Waals surface area contributed by atoms with E-state index in [-0.39, 0.29) is 17.8 Å². The van der Waals surface area contributed by atoms with Gasteiger partial charge in [-0.3, -0.25) is 4.79 Å². The van der Waals surface area contributed by atoms with Crippen molar-refractivity contribution in [3.63, 3.8) is 0 Å². The van der Waals surface area contributed by atoms with Crippen molar-refractivity contribution in [2.45, 2.75) is 12.5 Å². The highest BCUT2D eigenvalue weighted by molar-refractivity contribution is 9.10. The van der Waals surface area contributed by atoms with Gasteiger partial charge in [0, 0.05) is 16.7 Å². The molecule has 0 aliphatic rings. The van der Waals surface area contributed by atoms with Gasteiger partial charge in [-0.25, -0.2) is 0 Å². The van der Waals surface area contributed by atoms with Crippen LogP contribution in [-0.4, -0.2) is 18.3 Å². The number of para-hydroxylation sites is 1. The number of amides is 1. The number of benzene rings is 2. The van der Waals surface area contributed by atoms with Gasteiger partial charge >= 0.3 is 0 Å². The SMILES string of the molecule is O=C(CCl)NCCC(Nc1ccccc1)c1ccc(Br)cc1. The summed E-state index contributed by atoms with van der Waals surface area (Å²) < 4.78 is 1.05. The summed E-state index contributed by atoms with van der Waals surface area (Å²) in [5, 5.41) is 6.32. The maximum atomic E-state index is 11.3. The normalized spacial score (nSPS) is 11.7. The van der Waals surface area contributed by atoms with Gasteiger partial charge in [-0.2, -0.15) is 0 Å². The molecule has 0 fully saturated rings.